The molecule has 0 atom stereocenters. The van der Waals surface area contributed by atoms with Crippen molar-refractivity contribution in [3.63, 3.8) is 0 Å². The summed E-state index contributed by atoms with van der Waals surface area (Å²) >= 11 is 1.59. The molecule has 1 aromatic heterocycles. The summed E-state index contributed by atoms with van der Waals surface area (Å²) in [5.41, 5.74) is 0.469. The molecule has 94 valence electrons. The monoisotopic (exact) mass is 263 g/mol. The number of nitrogens with one attached hydrogen (secondary N) is 1. The van der Waals surface area contributed by atoms with Crippen LogP contribution in [-0.4, -0.2) is 23.8 Å². The maximum atomic E-state index is 12.1. The predicted molar refractivity (Wildman–Crippen MR) is 72.3 cm³/mol. The number of hydrogen-bond donors (Lipinski definition) is 1. The zero-order chi connectivity index (χ0) is 13.1. The summed E-state index contributed by atoms with van der Waals surface area (Å²) in [5, 5.41) is 0.498. The Hall–Kier alpha value is -1.75. The average molecular weight is 263 g/mol. The van der Waals surface area contributed by atoms with Crippen molar-refractivity contribution in [2.45, 2.75) is 11.8 Å². The van der Waals surface area contributed by atoms with Crippen LogP contribution in [-0.2, 0) is 4.74 Å². The highest BCUT2D eigenvalue weighted by molar-refractivity contribution is 7.98. The van der Waals surface area contributed by atoms with Crippen molar-refractivity contribution in [3.05, 3.63) is 40.2 Å². The second-order valence-electron chi connectivity index (χ2n) is 3.66. The lowest BCUT2D eigenvalue weighted by Crippen LogP contribution is -2.18. The van der Waals surface area contributed by atoms with Crippen LogP contribution in [0.4, 0.5) is 0 Å². The Kier molecular flexibility index (Phi) is 3.72. The van der Waals surface area contributed by atoms with Crippen LogP contribution in [0.2, 0.25) is 0 Å². The van der Waals surface area contributed by atoms with Gasteiger partial charge in [-0.05, 0) is 31.4 Å². The Morgan fingerprint density at radius 3 is 2.89 bits per heavy atom. The number of thioether (sulfide) groups is 1. The van der Waals surface area contributed by atoms with E-state index in [2.05, 4.69) is 4.98 Å². The number of aromatic amines is 1. The van der Waals surface area contributed by atoms with E-state index in [9.17, 15) is 9.59 Å². The molecule has 1 heterocycles. The second-order valence-corrected chi connectivity index (χ2v) is 4.54. The van der Waals surface area contributed by atoms with Gasteiger partial charge in [-0.1, -0.05) is 0 Å². The Morgan fingerprint density at radius 2 is 2.22 bits per heavy atom. The summed E-state index contributed by atoms with van der Waals surface area (Å²) in [7, 11) is 0. The molecular formula is C13H13NO3S. The first-order valence-electron chi connectivity index (χ1n) is 5.54. The van der Waals surface area contributed by atoms with Crippen LogP contribution in [0.3, 0.4) is 0 Å². The van der Waals surface area contributed by atoms with E-state index in [-0.39, 0.29) is 17.6 Å². The molecule has 0 aliphatic heterocycles. The van der Waals surface area contributed by atoms with Crippen molar-refractivity contribution in [1.29, 1.82) is 0 Å². The van der Waals surface area contributed by atoms with Crippen molar-refractivity contribution in [2.75, 3.05) is 12.9 Å². The topological polar surface area (TPSA) is 59.2 Å². The first-order chi connectivity index (χ1) is 8.67. The van der Waals surface area contributed by atoms with Gasteiger partial charge in [0.2, 0.25) is 5.43 Å². The highest BCUT2D eigenvalue weighted by atomic mass is 32.2. The SMILES string of the molecule is CCOC(=O)c1c[nH]c2cc(SC)ccc2c1=O. The van der Waals surface area contributed by atoms with Crippen LogP contribution in [0.1, 0.15) is 17.3 Å². The Bertz CT molecular complexity index is 648. The van der Waals surface area contributed by atoms with Gasteiger partial charge in [0.1, 0.15) is 5.56 Å². The second kappa shape index (κ2) is 5.27. The quantitative estimate of drug-likeness (QED) is 0.682. The van der Waals surface area contributed by atoms with Crippen LogP contribution in [0.5, 0.6) is 0 Å². The molecule has 2 rings (SSSR count). The third-order valence-corrected chi connectivity index (χ3v) is 3.31. The molecule has 0 saturated carbocycles. The number of ether oxygens (including phenoxy) is 1. The maximum absolute atomic E-state index is 12.1. The van der Waals surface area contributed by atoms with Crippen molar-refractivity contribution >= 4 is 28.6 Å². The molecule has 0 bridgehead atoms. The van der Waals surface area contributed by atoms with Crippen LogP contribution < -0.4 is 5.43 Å². The van der Waals surface area contributed by atoms with E-state index >= 15 is 0 Å². The number of pyridine rings is 1. The van der Waals surface area contributed by atoms with Crippen molar-refractivity contribution < 1.29 is 9.53 Å². The lowest BCUT2D eigenvalue weighted by molar-refractivity contribution is 0.0524. The van der Waals surface area contributed by atoms with Gasteiger partial charge in [-0.2, -0.15) is 0 Å². The molecule has 0 fully saturated rings. The summed E-state index contributed by atoms with van der Waals surface area (Å²) in [6.45, 7) is 1.96. The predicted octanol–water partition coefficient (Wildman–Crippen LogP) is 2.43. The van der Waals surface area contributed by atoms with E-state index in [1.807, 2.05) is 18.4 Å². The van der Waals surface area contributed by atoms with Crippen LogP contribution >= 0.6 is 11.8 Å². The number of aromatic nitrogens is 1. The van der Waals surface area contributed by atoms with Crippen LogP contribution in [0.25, 0.3) is 10.9 Å². The number of fused-ring (bicyclic) bond motifs is 1. The minimum absolute atomic E-state index is 0.0428. The van der Waals surface area contributed by atoms with Gasteiger partial charge in [0.05, 0.1) is 12.1 Å². The third-order valence-electron chi connectivity index (χ3n) is 2.58. The van der Waals surface area contributed by atoms with Gasteiger partial charge >= 0.3 is 5.97 Å². The molecule has 4 nitrogen and oxygen atoms in total. The number of hydrogen-bond acceptors (Lipinski definition) is 4. The number of carbonyl (C=O) groups excluding carboxylic acids is 1. The molecule has 0 aliphatic rings. The summed E-state index contributed by atoms with van der Waals surface area (Å²) in [6, 6.07) is 5.47. The van der Waals surface area contributed by atoms with Gasteiger partial charge in [0, 0.05) is 16.5 Å². The maximum Gasteiger partial charge on any atom is 0.343 e. The third kappa shape index (κ3) is 2.26. The standard InChI is InChI=1S/C13H13NO3S/c1-3-17-13(16)10-7-14-11-6-8(18-2)4-5-9(11)12(10)15/h4-7H,3H2,1-2H3,(H,14,15). The van der Waals surface area contributed by atoms with Gasteiger partial charge in [0.15, 0.2) is 0 Å². The number of rotatable bonds is 3. The molecule has 2 aromatic rings. The summed E-state index contributed by atoms with van der Waals surface area (Å²) in [6.07, 6.45) is 3.37. The fourth-order valence-corrected chi connectivity index (χ4v) is 2.13. The van der Waals surface area contributed by atoms with Gasteiger partial charge in [-0.25, -0.2) is 4.79 Å². The summed E-state index contributed by atoms with van der Waals surface area (Å²) in [5.74, 6) is -0.588. The normalized spacial score (nSPS) is 10.6. The highest BCUT2D eigenvalue weighted by Gasteiger charge is 2.13. The summed E-state index contributed by atoms with van der Waals surface area (Å²) in [4.78, 5) is 27.7. The Morgan fingerprint density at radius 1 is 1.44 bits per heavy atom. The first kappa shape index (κ1) is 12.7. The van der Waals surface area contributed by atoms with Crippen molar-refractivity contribution in [3.8, 4) is 0 Å². The summed E-state index contributed by atoms with van der Waals surface area (Å²) < 4.78 is 4.84. The lowest BCUT2D eigenvalue weighted by Gasteiger charge is -2.04. The minimum Gasteiger partial charge on any atom is -0.462 e. The Balaban J connectivity index is 2.58. The minimum atomic E-state index is -0.588. The highest BCUT2D eigenvalue weighted by Crippen LogP contribution is 2.18. The number of esters is 1. The molecule has 0 saturated heterocycles. The van der Waals surface area contributed by atoms with E-state index in [0.717, 1.165) is 10.4 Å². The van der Waals surface area contributed by atoms with E-state index in [0.29, 0.717) is 5.39 Å². The van der Waals surface area contributed by atoms with Crippen molar-refractivity contribution in [1.82, 2.24) is 4.98 Å². The van der Waals surface area contributed by atoms with Gasteiger partial charge in [0.25, 0.3) is 0 Å². The van der Waals surface area contributed by atoms with Gasteiger partial charge in [-0.3, -0.25) is 4.79 Å². The lowest BCUT2D eigenvalue weighted by atomic mass is 10.1. The molecular weight excluding hydrogens is 250 g/mol. The molecule has 1 N–H and O–H groups in total. The van der Waals surface area contributed by atoms with E-state index in [4.69, 9.17) is 4.74 Å². The molecule has 5 heteroatoms. The number of carbonyl (C=O) groups is 1. The molecule has 0 aliphatic carbocycles. The van der Waals surface area contributed by atoms with Crippen LogP contribution in [0.15, 0.2) is 34.1 Å². The van der Waals surface area contributed by atoms with Crippen molar-refractivity contribution in [2.24, 2.45) is 0 Å². The fourth-order valence-electron chi connectivity index (χ4n) is 1.69. The molecule has 18 heavy (non-hydrogen) atoms. The smallest absolute Gasteiger partial charge is 0.343 e. The fraction of sp³-hybridized carbons (Fsp3) is 0.231. The molecule has 0 radical (unpaired) electrons. The zero-order valence-electron chi connectivity index (χ0n) is 10.1. The van der Waals surface area contributed by atoms with Crippen LogP contribution in [0, 0.1) is 0 Å². The van der Waals surface area contributed by atoms with E-state index < -0.39 is 5.97 Å². The van der Waals surface area contributed by atoms with E-state index in [1.165, 1.54) is 6.20 Å². The number of benzene rings is 1. The molecule has 0 amide bonds. The molecule has 1 aromatic carbocycles. The average Bonchev–Trinajstić information content (AvgIpc) is 2.38. The molecule has 0 spiro atoms. The largest absolute Gasteiger partial charge is 0.462 e. The molecule has 0 unspecified atom stereocenters. The Labute approximate surface area is 108 Å². The van der Waals surface area contributed by atoms with Gasteiger partial charge < -0.3 is 9.72 Å². The van der Waals surface area contributed by atoms with E-state index in [1.54, 1.807) is 24.8 Å². The first-order valence-corrected chi connectivity index (χ1v) is 6.76. The van der Waals surface area contributed by atoms with Gasteiger partial charge in [-0.15, -0.1) is 11.8 Å². The number of H-pyrrole nitrogens is 1. The zero-order valence-corrected chi connectivity index (χ0v) is 11.0.